The predicted molar refractivity (Wildman–Crippen MR) is 84.3 cm³/mol. The number of benzene rings is 2. The summed E-state index contributed by atoms with van der Waals surface area (Å²) >= 11 is 0. The van der Waals surface area contributed by atoms with Gasteiger partial charge in [0.25, 0.3) is 10.0 Å². The van der Waals surface area contributed by atoms with Gasteiger partial charge in [-0.05, 0) is 41.8 Å². The highest BCUT2D eigenvalue weighted by Crippen LogP contribution is 2.29. The molecule has 0 fully saturated rings. The zero-order chi connectivity index (χ0) is 16.3. The molecule has 0 heterocycles. The van der Waals surface area contributed by atoms with Gasteiger partial charge in [-0.1, -0.05) is 26.0 Å². The third kappa shape index (κ3) is 3.39. The van der Waals surface area contributed by atoms with Crippen LogP contribution < -0.4 is 9.46 Å². The van der Waals surface area contributed by atoms with Gasteiger partial charge in [0.2, 0.25) is 0 Å². The minimum atomic E-state index is -3.86. The average Bonchev–Trinajstić information content (AvgIpc) is 2.48. The Balaban J connectivity index is 2.42. The van der Waals surface area contributed by atoms with Gasteiger partial charge in [-0.2, -0.15) is 0 Å². The number of ether oxygens (including phenoxy) is 1. The summed E-state index contributed by atoms with van der Waals surface area (Å²) in [6.07, 6.45) is 0. The second kappa shape index (κ2) is 6.36. The smallest absolute Gasteiger partial charge is 0.262 e. The van der Waals surface area contributed by atoms with Crippen molar-refractivity contribution in [2.45, 2.75) is 24.7 Å². The highest BCUT2D eigenvalue weighted by atomic mass is 32.2. The Labute approximate surface area is 130 Å². The van der Waals surface area contributed by atoms with Crippen molar-refractivity contribution in [3.8, 4) is 5.75 Å². The average molecular weight is 323 g/mol. The van der Waals surface area contributed by atoms with Crippen LogP contribution in [0.15, 0.2) is 47.4 Å². The number of para-hydroxylation sites is 1. The van der Waals surface area contributed by atoms with E-state index >= 15 is 0 Å². The first kappa shape index (κ1) is 16.3. The first-order valence-corrected chi connectivity index (χ1v) is 8.28. The molecule has 2 aromatic carbocycles. The number of hydrogen-bond acceptors (Lipinski definition) is 3. The van der Waals surface area contributed by atoms with E-state index in [0.717, 1.165) is 5.56 Å². The zero-order valence-corrected chi connectivity index (χ0v) is 13.4. The van der Waals surface area contributed by atoms with E-state index in [1.165, 1.54) is 31.4 Å². The molecule has 1 N–H and O–H groups in total. The van der Waals surface area contributed by atoms with Crippen molar-refractivity contribution in [1.82, 2.24) is 0 Å². The van der Waals surface area contributed by atoms with Gasteiger partial charge in [0, 0.05) is 0 Å². The third-order valence-corrected chi connectivity index (χ3v) is 4.61. The van der Waals surface area contributed by atoms with Crippen molar-refractivity contribution in [2.24, 2.45) is 0 Å². The summed E-state index contributed by atoms with van der Waals surface area (Å²) in [4.78, 5) is 0.0697. The lowest BCUT2D eigenvalue weighted by atomic mass is 10.0. The summed E-state index contributed by atoms with van der Waals surface area (Å²) in [5.41, 5.74) is 0.698. The molecule has 0 bridgehead atoms. The minimum Gasteiger partial charge on any atom is -0.496 e. The fourth-order valence-electron chi connectivity index (χ4n) is 2.08. The van der Waals surface area contributed by atoms with Crippen LogP contribution in [-0.2, 0) is 10.0 Å². The van der Waals surface area contributed by atoms with Gasteiger partial charge >= 0.3 is 0 Å². The van der Waals surface area contributed by atoms with Crippen molar-refractivity contribution in [3.63, 3.8) is 0 Å². The van der Waals surface area contributed by atoms with Crippen molar-refractivity contribution < 1.29 is 17.5 Å². The molecule has 0 saturated carbocycles. The van der Waals surface area contributed by atoms with Gasteiger partial charge in [0.1, 0.15) is 11.6 Å². The summed E-state index contributed by atoms with van der Waals surface area (Å²) < 4.78 is 45.9. The van der Waals surface area contributed by atoms with E-state index in [9.17, 15) is 12.8 Å². The van der Waals surface area contributed by atoms with Gasteiger partial charge in [0.15, 0.2) is 0 Å². The summed E-state index contributed by atoms with van der Waals surface area (Å²) in [7, 11) is -2.33. The number of halogens is 1. The molecule has 4 nitrogen and oxygen atoms in total. The Morgan fingerprint density at radius 1 is 1.14 bits per heavy atom. The highest BCUT2D eigenvalue weighted by Gasteiger charge is 2.19. The lowest BCUT2D eigenvalue weighted by Crippen LogP contribution is -2.14. The second-order valence-corrected chi connectivity index (χ2v) is 6.83. The maximum absolute atomic E-state index is 13.6. The standard InChI is InChI=1S/C16H18FNO3S/c1-11(2)13-10-12(8-9-16(13)21-3)22(19,20)18-15-7-5-4-6-14(15)17/h4-11,18H,1-3H3. The van der Waals surface area contributed by atoms with Crippen LogP contribution in [0.2, 0.25) is 0 Å². The molecule has 0 aromatic heterocycles. The number of nitrogens with one attached hydrogen (secondary N) is 1. The molecule has 2 aromatic rings. The quantitative estimate of drug-likeness (QED) is 0.911. The predicted octanol–water partition coefficient (Wildman–Crippen LogP) is 3.76. The van der Waals surface area contributed by atoms with Gasteiger partial charge in [0.05, 0.1) is 17.7 Å². The van der Waals surface area contributed by atoms with Gasteiger partial charge in [-0.15, -0.1) is 0 Å². The Bertz CT molecular complexity index is 773. The molecule has 0 radical (unpaired) electrons. The third-order valence-electron chi connectivity index (χ3n) is 3.25. The maximum Gasteiger partial charge on any atom is 0.262 e. The van der Waals surface area contributed by atoms with E-state index in [1.807, 2.05) is 13.8 Å². The number of hydrogen-bond donors (Lipinski definition) is 1. The fraction of sp³-hybridized carbons (Fsp3) is 0.250. The molecule has 0 aliphatic heterocycles. The molecule has 0 spiro atoms. The van der Waals surface area contributed by atoms with Crippen LogP contribution in [0.4, 0.5) is 10.1 Å². The van der Waals surface area contributed by atoms with Crippen LogP contribution in [0.25, 0.3) is 0 Å². The molecule has 6 heteroatoms. The molecule has 0 amide bonds. The Morgan fingerprint density at radius 3 is 2.41 bits per heavy atom. The number of anilines is 1. The summed E-state index contributed by atoms with van der Waals surface area (Å²) in [5, 5.41) is 0. The molecule has 0 saturated heterocycles. The lowest BCUT2D eigenvalue weighted by Gasteiger charge is -2.14. The highest BCUT2D eigenvalue weighted by molar-refractivity contribution is 7.92. The fourth-order valence-corrected chi connectivity index (χ4v) is 3.18. The zero-order valence-electron chi connectivity index (χ0n) is 12.6. The number of sulfonamides is 1. The van der Waals surface area contributed by atoms with Crippen LogP contribution in [0, 0.1) is 5.82 Å². The van der Waals surface area contributed by atoms with Crippen molar-refractivity contribution in [1.29, 1.82) is 0 Å². The maximum atomic E-state index is 13.6. The van der Waals surface area contributed by atoms with E-state index < -0.39 is 15.8 Å². The molecule has 0 unspecified atom stereocenters. The van der Waals surface area contributed by atoms with E-state index in [2.05, 4.69) is 4.72 Å². The molecule has 118 valence electrons. The topological polar surface area (TPSA) is 55.4 Å². The number of rotatable bonds is 5. The van der Waals surface area contributed by atoms with E-state index in [4.69, 9.17) is 4.74 Å². The van der Waals surface area contributed by atoms with E-state index in [1.54, 1.807) is 18.2 Å². The molecular weight excluding hydrogens is 305 g/mol. The monoisotopic (exact) mass is 323 g/mol. The Hall–Kier alpha value is -2.08. The molecule has 0 atom stereocenters. The van der Waals surface area contributed by atoms with Crippen molar-refractivity contribution in [3.05, 3.63) is 53.8 Å². The minimum absolute atomic E-state index is 0.0697. The largest absolute Gasteiger partial charge is 0.496 e. The van der Waals surface area contributed by atoms with E-state index in [0.29, 0.717) is 5.75 Å². The molecule has 22 heavy (non-hydrogen) atoms. The van der Waals surface area contributed by atoms with Crippen molar-refractivity contribution in [2.75, 3.05) is 11.8 Å². The van der Waals surface area contributed by atoms with Crippen LogP contribution in [0.1, 0.15) is 25.3 Å². The molecular formula is C16H18FNO3S. The Kier molecular flexibility index (Phi) is 4.71. The van der Waals surface area contributed by atoms with Gasteiger partial charge in [-0.25, -0.2) is 12.8 Å². The second-order valence-electron chi connectivity index (χ2n) is 5.14. The van der Waals surface area contributed by atoms with Crippen LogP contribution in [-0.4, -0.2) is 15.5 Å². The van der Waals surface area contributed by atoms with Crippen molar-refractivity contribution >= 4 is 15.7 Å². The van der Waals surface area contributed by atoms with Gasteiger partial charge < -0.3 is 4.74 Å². The van der Waals surface area contributed by atoms with Crippen LogP contribution in [0.5, 0.6) is 5.75 Å². The molecule has 2 rings (SSSR count). The lowest BCUT2D eigenvalue weighted by molar-refractivity contribution is 0.407. The van der Waals surface area contributed by atoms with Crippen LogP contribution in [0.3, 0.4) is 0 Å². The summed E-state index contributed by atoms with van der Waals surface area (Å²) in [6.45, 7) is 3.89. The number of methoxy groups -OCH3 is 1. The normalized spacial score (nSPS) is 11.5. The molecule has 0 aliphatic rings. The molecule has 0 aliphatic carbocycles. The summed E-state index contributed by atoms with van der Waals surface area (Å²) in [6, 6.07) is 10.2. The van der Waals surface area contributed by atoms with Crippen LogP contribution >= 0.6 is 0 Å². The Morgan fingerprint density at radius 2 is 1.82 bits per heavy atom. The summed E-state index contributed by atoms with van der Waals surface area (Å²) in [5.74, 6) is 0.0991. The SMILES string of the molecule is COc1ccc(S(=O)(=O)Nc2ccccc2F)cc1C(C)C. The first-order valence-electron chi connectivity index (χ1n) is 6.80. The first-order chi connectivity index (χ1) is 10.3. The van der Waals surface area contributed by atoms with E-state index in [-0.39, 0.29) is 16.5 Å². The van der Waals surface area contributed by atoms with Gasteiger partial charge in [-0.3, -0.25) is 4.72 Å².